The summed E-state index contributed by atoms with van der Waals surface area (Å²) in [6, 6.07) is 7.85. The minimum absolute atomic E-state index is 0.175. The summed E-state index contributed by atoms with van der Waals surface area (Å²) >= 11 is 11.0. The van der Waals surface area contributed by atoms with Crippen molar-refractivity contribution >= 4 is 73.7 Å². The molecule has 10 heteroatoms. The minimum atomic E-state index is -0.493. The molecule has 0 fully saturated rings. The fourth-order valence-corrected chi connectivity index (χ4v) is 4.03. The lowest BCUT2D eigenvalue weighted by Gasteiger charge is -2.20. The van der Waals surface area contributed by atoms with E-state index in [9.17, 15) is 9.59 Å². The third-order valence-corrected chi connectivity index (χ3v) is 5.13. The van der Waals surface area contributed by atoms with Gasteiger partial charge in [0.25, 0.3) is 0 Å². The Labute approximate surface area is 179 Å². The number of anilines is 3. The summed E-state index contributed by atoms with van der Waals surface area (Å²) in [6.45, 7) is 1.42. The van der Waals surface area contributed by atoms with Gasteiger partial charge in [-0.25, -0.2) is 9.10 Å². The Morgan fingerprint density at radius 1 is 1.04 bits per heavy atom. The summed E-state index contributed by atoms with van der Waals surface area (Å²) in [4.78, 5) is 23.6. The van der Waals surface area contributed by atoms with Crippen LogP contribution in [-0.4, -0.2) is 26.2 Å². The molecule has 0 aliphatic heterocycles. The lowest BCUT2D eigenvalue weighted by Crippen LogP contribution is -2.27. The Morgan fingerprint density at radius 3 is 2.15 bits per heavy atom. The highest BCUT2D eigenvalue weighted by Crippen LogP contribution is 2.45. The maximum Gasteiger partial charge on any atom is 0.336 e. The minimum Gasteiger partial charge on any atom is -0.494 e. The third kappa shape index (κ3) is 5.08. The van der Waals surface area contributed by atoms with Crippen molar-refractivity contribution in [2.24, 2.45) is 0 Å². The molecule has 0 aromatic heterocycles. The second kappa shape index (κ2) is 9.34. The monoisotopic (exact) mass is 517 g/mol. The highest BCUT2D eigenvalue weighted by molar-refractivity contribution is 9.11. The number of ether oxygens (including phenoxy) is 2. The Balaban J connectivity index is 2.22. The van der Waals surface area contributed by atoms with Gasteiger partial charge in [0, 0.05) is 12.6 Å². The van der Waals surface area contributed by atoms with Crippen molar-refractivity contribution in [2.45, 2.75) is 6.92 Å². The first-order chi connectivity index (χ1) is 12.8. The normalized spacial score (nSPS) is 10.1. The Bertz CT molecular complexity index is 862. The number of carbonyl (C=O) groups excluding carboxylic acids is 2. The Morgan fingerprint density at radius 2 is 1.63 bits per heavy atom. The van der Waals surface area contributed by atoms with E-state index >= 15 is 0 Å². The van der Waals surface area contributed by atoms with Crippen LogP contribution in [0.25, 0.3) is 0 Å². The lowest BCUT2D eigenvalue weighted by atomic mass is 10.2. The van der Waals surface area contributed by atoms with Gasteiger partial charge in [0.1, 0.15) is 4.47 Å². The zero-order chi connectivity index (χ0) is 20.1. The molecule has 0 radical (unpaired) electrons. The van der Waals surface area contributed by atoms with Crippen molar-refractivity contribution < 1.29 is 19.1 Å². The largest absolute Gasteiger partial charge is 0.494 e. The number of benzene rings is 2. The summed E-state index contributed by atoms with van der Waals surface area (Å²) in [5.41, 5.74) is 1.57. The quantitative estimate of drug-likeness (QED) is 0.483. The van der Waals surface area contributed by atoms with Crippen LogP contribution in [-0.2, 0) is 4.79 Å². The van der Waals surface area contributed by atoms with E-state index < -0.39 is 6.03 Å². The lowest BCUT2D eigenvalue weighted by molar-refractivity contribution is -0.114. The van der Waals surface area contributed by atoms with Crippen molar-refractivity contribution in [3.05, 3.63) is 39.3 Å². The van der Waals surface area contributed by atoms with Gasteiger partial charge < -0.3 is 20.1 Å². The second-order valence-corrected chi connectivity index (χ2v) is 7.30. The number of methoxy groups -OCH3 is 2. The number of amides is 3. The van der Waals surface area contributed by atoms with E-state index in [1.54, 1.807) is 30.3 Å². The van der Waals surface area contributed by atoms with Crippen molar-refractivity contribution in [1.82, 2.24) is 0 Å². The van der Waals surface area contributed by atoms with E-state index in [0.29, 0.717) is 37.5 Å². The average molecular weight is 519 g/mol. The fourth-order valence-electron chi connectivity index (χ4n) is 2.24. The van der Waals surface area contributed by atoms with Crippen LogP contribution in [0.3, 0.4) is 0 Å². The highest BCUT2D eigenvalue weighted by Gasteiger charge is 2.20. The maximum absolute atomic E-state index is 12.6. The predicted octanol–water partition coefficient (Wildman–Crippen LogP) is 5.07. The standard InChI is InChI=1S/C17H17Br2N3O4S/c1-9(23)20-10-4-6-11(7-5-10)22(27)17(24)21-13-8-12(18)15(25-2)14(19)16(13)26-3/h4-8,27H,1-3H3,(H,20,23)(H,21,24). The van der Waals surface area contributed by atoms with Crippen LogP contribution >= 0.6 is 44.7 Å². The van der Waals surface area contributed by atoms with Crippen LogP contribution in [0.2, 0.25) is 0 Å². The number of nitrogens with zero attached hydrogens (tertiary/aromatic N) is 1. The van der Waals surface area contributed by atoms with Crippen LogP contribution in [0, 0.1) is 0 Å². The fraction of sp³-hybridized carbons (Fsp3) is 0.176. The molecule has 144 valence electrons. The van der Waals surface area contributed by atoms with Crippen molar-refractivity contribution in [3.8, 4) is 11.5 Å². The van der Waals surface area contributed by atoms with Gasteiger partial charge in [-0.3, -0.25) is 4.79 Å². The maximum atomic E-state index is 12.6. The molecule has 3 amide bonds. The number of thiol groups is 1. The van der Waals surface area contributed by atoms with Crippen LogP contribution in [0.4, 0.5) is 21.9 Å². The molecule has 0 aliphatic rings. The number of rotatable bonds is 5. The Kier molecular flexibility index (Phi) is 7.40. The number of hydrogen-bond acceptors (Lipinski definition) is 5. The molecule has 0 heterocycles. The van der Waals surface area contributed by atoms with E-state index in [1.807, 2.05) is 0 Å². The van der Waals surface area contributed by atoms with Crippen LogP contribution in [0.1, 0.15) is 6.92 Å². The summed E-state index contributed by atoms with van der Waals surface area (Å²) in [7, 11) is 3.02. The molecule has 2 rings (SSSR count). The average Bonchev–Trinajstić information content (AvgIpc) is 2.61. The molecular formula is C17H17Br2N3O4S. The highest BCUT2D eigenvalue weighted by atomic mass is 79.9. The second-order valence-electron chi connectivity index (χ2n) is 5.26. The number of nitrogens with one attached hydrogen (secondary N) is 2. The molecule has 2 aromatic rings. The number of urea groups is 1. The molecule has 0 saturated carbocycles. The van der Waals surface area contributed by atoms with E-state index in [0.717, 1.165) is 4.31 Å². The van der Waals surface area contributed by atoms with Gasteiger partial charge in [0.05, 0.1) is 30.1 Å². The molecular weight excluding hydrogens is 502 g/mol. The SMILES string of the molecule is COc1c(Br)cc(NC(=O)N(S)c2ccc(NC(C)=O)cc2)c(OC)c1Br. The van der Waals surface area contributed by atoms with Gasteiger partial charge in [-0.2, -0.15) is 0 Å². The molecule has 7 nitrogen and oxygen atoms in total. The van der Waals surface area contributed by atoms with Crippen molar-refractivity contribution in [2.75, 3.05) is 29.2 Å². The summed E-state index contributed by atoms with van der Waals surface area (Å²) < 4.78 is 13.0. The number of carbonyl (C=O) groups is 2. The van der Waals surface area contributed by atoms with Gasteiger partial charge in [0.2, 0.25) is 5.91 Å². The van der Waals surface area contributed by atoms with Crippen molar-refractivity contribution in [1.29, 1.82) is 0 Å². The molecule has 0 bridgehead atoms. The summed E-state index contributed by atoms with van der Waals surface area (Å²) in [5, 5.41) is 5.40. The zero-order valence-corrected chi connectivity index (χ0v) is 18.7. The molecule has 27 heavy (non-hydrogen) atoms. The molecule has 0 aliphatic carbocycles. The zero-order valence-electron chi connectivity index (χ0n) is 14.7. The van der Waals surface area contributed by atoms with E-state index in [2.05, 4.69) is 55.3 Å². The molecule has 0 spiro atoms. The van der Waals surface area contributed by atoms with Crippen molar-refractivity contribution in [3.63, 3.8) is 0 Å². The summed E-state index contributed by atoms with van der Waals surface area (Å²) in [6.07, 6.45) is 0. The third-order valence-electron chi connectivity index (χ3n) is 3.41. The van der Waals surface area contributed by atoms with Crippen LogP contribution in [0.15, 0.2) is 39.3 Å². The molecule has 2 aromatic carbocycles. The first kappa shape index (κ1) is 21.4. The van der Waals surface area contributed by atoms with Gasteiger partial charge in [0.15, 0.2) is 11.5 Å². The van der Waals surface area contributed by atoms with E-state index in [1.165, 1.54) is 21.1 Å². The first-order valence-corrected chi connectivity index (χ1v) is 9.54. The first-order valence-electron chi connectivity index (χ1n) is 7.56. The van der Waals surface area contributed by atoms with E-state index in [4.69, 9.17) is 9.47 Å². The topological polar surface area (TPSA) is 79.9 Å². The molecule has 0 unspecified atom stereocenters. The predicted molar refractivity (Wildman–Crippen MR) is 116 cm³/mol. The molecule has 0 saturated heterocycles. The van der Waals surface area contributed by atoms with Crippen LogP contribution < -0.4 is 24.4 Å². The van der Waals surface area contributed by atoms with Crippen LogP contribution in [0.5, 0.6) is 11.5 Å². The van der Waals surface area contributed by atoms with Gasteiger partial charge >= 0.3 is 6.03 Å². The summed E-state index contributed by atoms with van der Waals surface area (Å²) in [5.74, 6) is 0.776. The molecule has 2 N–H and O–H groups in total. The molecule has 0 atom stereocenters. The van der Waals surface area contributed by atoms with Gasteiger partial charge in [-0.1, -0.05) is 12.8 Å². The Hall–Kier alpha value is -1.91. The van der Waals surface area contributed by atoms with E-state index in [-0.39, 0.29) is 5.91 Å². The number of hydrogen-bond donors (Lipinski definition) is 3. The smallest absolute Gasteiger partial charge is 0.336 e. The van der Waals surface area contributed by atoms with Gasteiger partial charge in [-0.05, 0) is 62.2 Å². The van der Waals surface area contributed by atoms with Gasteiger partial charge in [-0.15, -0.1) is 0 Å². The number of halogens is 2.